The number of nitrogens with zero attached hydrogens (tertiary/aromatic N) is 3. The molecule has 0 unspecified atom stereocenters. The van der Waals surface area contributed by atoms with Crippen LogP contribution in [0.1, 0.15) is 11.3 Å². The van der Waals surface area contributed by atoms with Crippen molar-refractivity contribution in [1.82, 2.24) is 14.3 Å². The van der Waals surface area contributed by atoms with Crippen molar-refractivity contribution in [2.45, 2.75) is 18.0 Å². The fourth-order valence-electron chi connectivity index (χ4n) is 1.86. The molecule has 2 rings (SSSR count). The number of hydrogen-bond acceptors (Lipinski definition) is 5. The Balaban J connectivity index is 2.39. The van der Waals surface area contributed by atoms with E-state index in [9.17, 15) is 21.6 Å². The first-order valence-corrected chi connectivity index (χ1v) is 8.16. The SMILES string of the molecule is Cc1ccc(Nc2nccc(C(F)(F)F)n2)cc1S(=O)(=O)N(C)C. The lowest BCUT2D eigenvalue weighted by atomic mass is 10.2. The molecule has 1 heterocycles. The molecule has 0 saturated heterocycles. The van der Waals surface area contributed by atoms with E-state index in [0.717, 1.165) is 16.6 Å². The first kappa shape index (κ1) is 18.1. The Kier molecular flexibility index (Phi) is 4.81. The highest BCUT2D eigenvalue weighted by atomic mass is 32.2. The third-order valence-electron chi connectivity index (χ3n) is 3.15. The van der Waals surface area contributed by atoms with Crippen molar-refractivity contribution in [2.24, 2.45) is 0 Å². The lowest BCUT2D eigenvalue weighted by molar-refractivity contribution is -0.141. The average Bonchev–Trinajstić information content (AvgIpc) is 2.48. The van der Waals surface area contributed by atoms with Gasteiger partial charge in [-0.1, -0.05) is 6.07 Å². The van der Waals surface area contributed by atoms with E-state index in [0.29, 0.717) is 5.56 Å². The van der Waals surface area contributed by atoms with Crippen molar-refractivity contribution >= 4 is 21.7 Å². The van der Waals surface area contributed by atoms with Crippen molar-refractivity contribution < 1.29 is 21.6 Å². The summed E-state index contributed by atoms with van der Waals surface area (Å²) in [5, 5.41) is 2.59. The van der Waals surface area contributed by atoms with Gasteiger partial charge in [0, 0.05) is 26.0 Å². The van der Waals surface area contributed by atoms with Crippen molar-refractivity contribution in [3.8, 4) is 0 Å². The maximum absolute atomic E-state index is 12.7. The van der Waals surface area contributed by atoms with Crippen LogP contribution in [0.3, 0.4) is 0 Å². The van der Waals surface area contributed by atoms with Crippen molar-refractivity contribution in [3.63, 3.8) is 0 Å². The smallest absolute Gasteiger partial charge is 0.324 e. The molecule has 0 saturated carbocycles. The van der Waals surface area contributed by atoms with Gasteiger partial charge in [-0.05, 0) is 30.7 Å². The van der Waals surface area contributed by atoms with E-state index >= 15 is 0 Å². The summed E-state index contributed by atoms with van der Waals surface area (Å²) in [5.74, 6) is -0.276. The molecule has 0 aliphatic rings. The second-order valence-electron chi connectivity index (χ2n) is 5.16. The number of alkyl halides is 3. The van der Waals surface area contributed by atoms with Gasteiger partial charge in [0.15, 0.2) is 0 Å². The zero-order valence-corrected chi connectivity index (χ0v) is 13.9. The van der Waals surface area contributed by atoms with E-state index < -0.39 is 21.9 Å². The molecule has 0 bridgehead atoms. The summed E-state index contributed by atoms with van der Waals surface area (Å²) in [5.41, 5.74) is -0.312. The number of nitrogens with one attached hydrogen (secondary N) is 1. The Labute approximate surface area is 137 Å². The molecule has 1 N–H and O–H groups in total. The third-order valence-corrected chi connectivity index (χ3v) is 5.11. The maximum atomic E-state index is 12.7. The molecule has 10 heteroatoms. The Morgan fingerprint density at radius 2 is 1.83 bits per heavy atom. The first-order valence-electron chi connectivity index (χ1n) is 6.72. The van der Waals surface area contributed by atoms with Crippen LogP contribution in [-0.2, 0) is 16.2 Å². The molecule has 0 spiro atoms. The highest BCUT2D eigenvalue weighted by Gasteiger charge is 2.32. The number of hydrogen-bond donors (Lipinski definition) is 1. The van der Waals surface area contributed by atoms with E-state index in [1.165, 1.54) is 26.2 Å². The van der Waals surface area contributed by atoms with Gasteiger partial charge in [-0.25, -0.2) is 22.7 Å². The van der Waals surface area contributed by atoms with E-state index in [1.807, 2.05) is 0 Å². The molecular formula is C14H15F3N4O2S. The standard InChI is InChI=1S/C14H15F3N4O2S/c1-9-4-5-10(8-11(9)24(22,23)21(2)3)19-13-18-7-6-12(20-13)14(15,16)17/h4-8H,1-3H3,(H,18,19,20). The highest BCUT2D eigenvalue weighted by Crippen LogP contribution is 2.28. The highest BCUT2D eigenvalue weighted by molar-refractivity contribution is 7.89. The number of anilines is 2. The van der Waals surface area contributed by atoms with Crippen molar-refractivity contribution in [1.29, 1.82) is 0 Å². The second kappa shape index (κ2) is 6.36. The first-order chi connectivity index (χ1) is 11.0. The van der Waals surface area contributed by atoms with Gasteiger partial charge < -0.3 is 5.32 Å². The molecule has 6 nitrogen and oxygen atoms in total. The number of benzene rings is 1. The van der Waals surface area contributed by atoms with Gasteiger partial charge in [0.05, 0.1) is 4.90 Å². The van der Waals surface area contributed by atoms with Gasteiger partial charge in [-0.3, -0.25) is 0 Å². The number of aromatic nitrogens is 2. The van der Waals surface area contributed by atoms with Crippen LogP contribution in [0.5, 0.6) is 0 Å². The summed E-state index contributed by atoms with van der Waals surface area (Å²) in [6, 6.07) is 5.16. The van der Waals surface area contributed by atoms with E-state index in [2.05, 4.69) is 15.3 Å². The molecule has 0 amide bonds. The molecule has 0 radical (unpaired) electrons. The fourth-order valence-corrected chi connectivity index (χ4v) is 3.00. The lowest BCUT2D eigenvalue weighted by Gasteiger charge is -2.15. The molecule has 1 aromatic heterocycles. The Morgan fingerprint density at radius 3 is 2.42 bits per heavy atom. The molecule has 0 fully saturated rings. The van der Waals surface area contributed by atoms with Crippen LogP contribution in [0.2, 0.25) is 0 Å². The summed E-state index contributed by atoms with van der Waals surface area (Å²) in [6.07, 6.45) is -3.62. The molecule has 0 atom stereocenters. The quantitative estimate of drug-likeness (QED) is 0.907. The predicted molar refractivity (Wildman–Crippen MR) is 82.4 cm³/mol. The number of sulfonamides is 1. The Morgan fingerprint density at radius 1 is 1.17 bits per heavy atom. The normalized spacial score (nSPS) is 12.5. The van der Waals surface area contributed by atoms with Gasteiger partial charge in [0.1, 0.15) is 5.69 Å². The van der Waals surface area contributed by atoms with Crippen LogP contribution < -0.4 is 5.32 Å². The summed E-state index contributed by atoms with van der Waals surface area (Å²) < 4.78 is 63.6. The molecule has 1 aromatic carbocycles. The van der Waals surface area contributed by atoms with Crippen molar-refractivity contribution in [3.05, 3.63) is 41.7 Å². The molecule has 0 aliphatic carbocycles. The number of rotatable bonds is 4. The zero-order chi connectivity index (χ0) is 18.1. The van der Waals surface area contributed by atoms with Crippen LogP contribution in [0.15, 0.2) is 35.4 Å². The minimum absolute atomic E-state index is 0.0458. The Hall–Kier alpha value is -2.20. The molecule has 0 aliphatic heterocycles. The van der Waals surface area contributed by atoms with Gasteiger partial charge in [-0.2, -0.15) is 13.2 Å². The molecular weight excluding hydrogens is 345 g/mol. The van der Waals surface area contributed by atoms with E-state index in [4.69, 9.17) is 0 Å². The fraction of sp³-hybridized carbons (Fsp3) is 0.286. The van der Waals surface area contributed by atoms with Crippen LogP contribution in [0, 0.1) is 6.92 Å². The largest absolute Gasteiger partial charge is 0.433 e. The minimum atomic E-state index is -4.59. The summed E-state index contributed by atoms with van der Waals surface area (Å²) >= 11 is 0. The van der Waals surface area contributed by atoms with Crippen LogP contribution in [-0.4, -0.2) is 36.8 Å². The van der Waals surface area contributed by atoms with E-state index in [1.54, 1.807) is 13.0 Å². The van der Waals surface area contributed by atoms with Gasteiger partial charge in [-0.15, -0.1) is 0 Å². The van der Waals surface area contributed by atoms with Crippen LogP contribution in [0.25, 0.3) is 0 Å². The molecule has 2 aromatic rings. The average molecular weight is 360 g/mol. The summed E-state index contributed by atoms with van der Waals surface area (Å²) in [6.45, 7) is 1.63. The van der Waals surface area contributed by atoms with Crippen molar-refractivity contribution in [2.75, 3.05) is 19.4 Å². The zero-order valence-electron chi connectivity index (χ0n) is 13.1. The van der Waals surface area contributed by atoms with Gasteiger partial charge >= 0.3 is 6.18 Å². The van der Waals surface area contributed by atoms with Crippen LogP contribution >= 0.6 is 0 Å². The number of halogens is 3. The molecule has 24 heavy (non-hydrogen) atoms. The maximum Gasteiger partial charge on any atom is 0.433 e. The van der Waals surface area contributed by atoms with Crippen LogP contribution in [0.4, 0.5) is 24.8 Å². The summed E-state index contributed by atoms with van der Waals surface area (Å²) in [4.78, 5) is 7.14. The topological polar surface area (TPSA) is 75.2 Å². The van der Waals surface area contributed by atoms with Gasteiger partial charge in [0.2, 0.25) is 16.0 Å². The lowest BCUT2D eigenvalue weighted by Crippen LogP contribution is -2.23. The second-order valence-corrected chi connectivity index (χ2v) is 7.28. The predicted octanol–water partition coefficient (Wildman–Crippen LogP) is 2.80. The monoisotopic (exact) mass is 360 g/mol. The van der Waals surface area contributed by atoms with E-state index in [-0.39, 0.29) is 16.5 Å². The summed E-state index contributed by atoms with van der Waals surface area (Å²) in [7, 11) is -0.894. The number of aryl methyl sites for hydroxylation is 1. The Bertz CT molecular complexity index is 851. The van der Waals surface area contributed by atoms with Gasteiger partial charge in [0.25, 0.3) is 0 Å². The molecule has 130 valence electrons. The minimum Gasteiger partial charge on any atom is -0.324 e. The third kappa shape index (κ3) is 3.82.